The lowest BCUT2D eigenvalue weighted by molar-refractivity contribution is 0.237. The van der Waals surface area contributed by atoms with Gasteiger partial charge in [0.2, 0.25) is 11.7 Å². The van der Waals surface area contributed by atoms with Crippen LogP contribution in [0.25, 0.3) is 11.4 Å². The second-order valence-corrected chi connectivity index (χ2v) is 4.22. The van der Waals surface area contributed by atoms with Crippen molar-refractivity contribution in [1.82, 2.24) is 10.1 Å². The van der Waals surface area contributed by atoms with Gasteiger partial charge in [0.05, 0.1) is 6.61 Å². The Hall–Kier alpha value is -1.31. The predicted molar refractivity (Wildman–Crippen MR) is 61.4 cm³/mol. The highest BCUT2D eigenvalue weighted by Gasteiger charge is 2.16. The number of halogens is 2. The van der Waals surface area contributed by atoms with Crippen LogP contribution in [-0.4, -0.2) is 21.9 Å². The molecule has 2 rings (SSSR count). The first-order chi connectivity index (χ1) is 8.11. The van der Waals surface area contributed by atoms with Gasteiger partial charge in [0.15, 0.2) is 0 Å². The Kier molecular flexibility index (Phi) is 3.51. The summed E-state index contributed by atoms with van der Waals surface area (Å²) < 4.78 is 18.6. The minimum absolute atomic E-state index is 0.110. The van der Waals surface area contributed by atoms with Crippen LogP contribution in [-0.2, 0) is 0 Å². The quantitative estimate of drug-likeness (QED) is 0.900. The van der Waals surface area contributed by atoms with Crippen LogP contribution in [0.1, 0.15) is 11.9 Å². The van der Waals surface area contributed by atoms with Crippen molar-refractivity contribution in [2.24, 2.45) is 5.73 Å². The number of aromatic nitrogens is 2. The first kappa shape index (κ1) is 12.2. The normalized spacial score (nSPS) is 12.7. The summed E-state index contributed by atoms with van der Waals surface area (Å²) in [5.74, 6) is -0.0741. The Morgan fingerprint density at radius 2 is 2.29 bits per heavy atom. The van der Waals surface area contributed by atoms with E-state index in [1.807, 2.05) is 0 Å². The monoisotopic (exact) mass is 301 g/mol. The summed E-state index contributed by atoms with van der Waals surface area (Å²) in [6.45, 7) is -0.300. The molecule has 2 aromatic rings. The average Bonchev–Trinajstić information content (AvgIpc) is 2.80. The van der Waals surface area contributed by atoms with Crippen LogP contribution in [0.5, 0.6) is 0 Å². The lowest BCUT2D eigenvalue weighted by Crippen LogP contribution is -2.14. The van der Waals surface area contributed by atoms with E-state index in [0.717, 1.165) is 0 Å². The van der Waals surface area contributed by atoms with Gasteiger partial charge in [-0.2, -0.15) is 4.98 Å². The van der Waals surface area contributed by atoms with Crippen LogP contribution in [0.2, 0.25) is 0 Å². The van der Waals surface area contributed by atoms with Crippen molar-refractivity contribution >= 4 is 15.9 Å². The van der Waals surface area contributed by atoms with Gasteiger partial charge in [-0.25, -0.2) is 4.39 Å². The topological polar surface area (TPSA) is 85.2 Å². The van der Waals surface area contributed by atoms with Crippen LogP contribution in [0.15, 0.2) is 27.2 Å². The Labute approximate surface area is 105 Å². The molecule has 1 atom stereocenters. The Morgan fingerprint density at radius 3 is 3.00 bits per heavy atom. The molecule has 5 nitrogen and oxygen atoms in total. The molecule has 7 heteroatoms. The highest BCUT2D eigenvalue weighted by Crippen LogP contribution is 2.27. The molecule has 0 unspecified atom stereocenters. The van der Waals surface area contributed by atoms with Crippen molar-refractivity contribution in [3.8, 4) is 11.4 Å². The summed E-state index contributed by atoms with van der Waals surface area (Å²) in [5, 5.41) is 12.5. The second kappa shape index (κ2) is 4.91. The van der Waals surface area contributed by atoms with Gasteiger partial charge in [0.25, 0.3) is 0 Å². The third-order valence-electron chi connectivity index (χ3n) is 2.12. The molecule has 1 aromatic carbocycles. The molecule has 0 fully saturated rings. The summed E-state index contributed by atoms with van der Waals surface area (Å²) in [4.78, 5) is 3.99. The maximum Gasteiger partial charge on any atom is 0.246 e. The molecule has 0 spiro atoms. The first-order valence-electron chi connectivity index (χ1n) is 4.77. The minimum Gasteiger partial charge on any atom is -0.394 e. The minimum atomic E-state index is -0.733. The van der Waals surface area contributed by atoms with E-state index in [0.29, 0.717) is 10.0 Å². The van der Waals surface area contributed by atoms with Gasteiger partial charge in [0.1, 0.15) is 11.9 Å². The number of aliphatic hydroxyl groups excluding tert-OH is 1. The predicted octanol–water partition coefficient (Wildman–Crippen LogP) is 1.63. The Morgan fingerprint density at radius 1 is 1.53 bits per heavy atom. The fraction of sp³-hybridized carbons (Fsp3) is 0.200. The van der Waals surface area contributed by atoms with E-state index in [4.69, 9.17) is 15.4 Å². The number of hydrogen-bond donors (Lipinski definition) is 2. The highest BCUT2D eigenvalue weighted by molar-refractivity contribution is 9.10. The zero-order valence-corrected chi connectivity index (χ0v) is 10.2. The van der Waals surface area contributed by atoms with Crippen molar-refractivity contribution in [1.29, 1.82) is 0 Å². The highest BCUT2D eigenvalue weighted by atomic mass is 79.9. The van der Waals surface area contributed by atoms with E-state index < -0.39 is 11.9 Å². The molecule has 90 valence electrons. The fourth-order valence-electron chi connectivity index (χ4n) is 1.24. The van der Waals surface area contributed by atoms with Crippen molar-refractivity contribution in [2.75, 3.05) is 6.61 Å². The maximum atomic E-state index is 13.1. The van der Waals surface area contributed by atoms with E-state index in [-0.39, 0.29) is 18.3 Å². The molecule has 0 aliphatic rings. The fourth-order valence-corrected chi connectivity index (χ4v) is 1.67. The van der Waals surface area contributed by atoms with Gasteiger partial charge in [-0.1, -0.05) is 21.1 Å². The van der Waals surface area contributed by atoms with Gasteiger partial charge in [-0.3, -0.25) is 0 Å². The summed E-state index contributed by atoms with van der Waals surface area (Å²) in [6, 6.07) is 3.41. The summed E-state index contributed by atoms with van der Waals surface area (Å²) in [6.07, 6.45) is 0. The SMILES string of the molecule is N[C@@H](CO)c1nc(-c2cc(F)ccc2Br)no1. The van der Waals surface area contributed by atoms with Crippen LogP contribution < -0.4 is 5.73 Å². The molecular weight excluding hydrogens is 293 g/mol. The molecule has 1 heterocycles. The molecular formula is C10H9BrFN3O2. The summed E-state index contributed by atoms with van der Waals surface area (Å²) in [5.41, 5.74) is 5.98. The Balaban J connectivity index is 2.40. The van der Waals surface area contributed by atoms with Crippen molar-refractivity contribution in [2.45, 2.75) is 6.04 Å². The molecule has 0 radical (unpaired) electrons. The summed E-state index contributed by atoms with van der Waals surface area (Å²) in [7, 11) is 0. The Bertz CT molecular complexity index is 532. The van der Waals surface area contributed by atoms with Gasteiger partial charge < -0.3 is 15.4 Å². The van der Waals surface area contributed by atoms with E-state index in [9.17, 15) is 4.39 Å². The third-order valence-corrected chi connectivity index (χ3v) is 2.82. The van der Waals surface area contributed by atoms with E-state index >= 15 is 0 Å². The second-order valence-electron chi connectivity index (χ2n) is 3.37. The van der Waals surface area contributed by atoms with Crippen LogP contribution in [0, 0.1) is 5.82 Å². The number of hydrogen-bond acceptors (Lipinski definition) is 5. The zero-order valence-electron chi connectivity index (χ0n) is 8.60. The lowest BCUT2D eigenvalue weighted by atomic mass is 10.2. The van der Waals surface area contributed by atoms with Gasteiger partial charge in [0, 0.05) is 10.0 Å². The molecule has 0 bridgehead atoms. The van der Waals surface area contributed by atoms with Crippen molar-refractivity contribution in [3.05, 3.63) is 34.4 Å². The van der Waals surface area contributed by atoms with Gasteiger partial charge in [-0.15, -0.1) is 0 Å². The number of benzene rings is 1. The molecule has 0 saturated carbocycles. The standard InChI is InChI=1S/C10H9BrFN3O2/c11-7-2-1-5(12)3-6(7)9-14-10(17-15-9)8(13)4-16/h1-3,8,16H,4,13H2/t8-/m0/s1. The number of aliphatic hydroxyl groups is 1. The van der Waals surface area contributed by atoms with Gasteiger partial charge >= 0.3 is 0 Å². The molecule has 17 heavy (non-hydrogen) atoms. The van der Waals surface area contributed by atoms with Crippen LogP contribution >= 0.6 is 15.9 Å². The van der Waals surface area contributed by atoms with Crippen LogP contribution in [0.4, 0.5) is 4.39 Å². The smallest absolute Gasteiger partial charge is 0.246 e. The van der Waals surface area contributed by atoms with E-state index in [1.165, 1.54) is 12.1 Å². The lowest BCUT2D eigenvalue weighted by Gasteiger charge is -1.99. The molecule has 0 aliphatic carbocycles. The average molecular weight is 302 g/mol. The molecule has 3 N–H and O–H groups in total. The number of nitrogens with two attached hydrogens (primary N) is 1. The van der Waals surface area contributed by atoms with E-state index in [1.54, 1.807) is 6.07 Å². The zero-order chi connectivity index (χ0) is 12.4. The summed E-state index contributed by atoms with van der Waals surface area (Å²) >= 11 is 3.26. The molecule has 0 aliphatic heterocycles. The molecule has 0 saturated heterocycles. The maximum absolute atomic E-state index is 13.1. The van der Waals surface area contributed by atoms with E-state index in [2.05, 4.69) is 26.1 Å². The van der Waals surface area contributed by atoms with Crippen LogP contribution in [0.3, 0.4) is 0 Å². The van der Waals surface area contributed by atoms with Crippen molar-refractivity contribution < 1.29 is 14.0 Å². The van der Waals surface area contributed by atoms with Gasteiger partial charge in [-0.05, 0) is 18.2 Å². The third kappa shape index (κ3) is 2.51. The largest absolute Gasteiger partial charge is 0.394 e. The number of nitrogens with zero attached hydrogens (tertiary/aromatic N) is 2. The molecule has 1 aromatic heterocycles. The number of rotatable bonds is 3. The molecule has 0 amide bonds. The van der Waals surface area contributed by atoms with Crippen molar-refractivity contribution in [3.63, 3.8) is 0 Å². The first-order valence-corrected chi connectivity index (χ1v) is 5.56.